The summed E-state index contributed by atoms with van der Waals surface area (Å²) in [6, 6.07) is 2.07. The molecule has 3 heterocycles. The van der Waals surface area contributed by atoms with Gasteiger partial charge >= 0.3 is 6.03 Å². The molecule has 1 aromatic carbocycles. The Labute approximate surface area is 186 Å². The molecule has 0 saturated carbocycles. The van der Waals surface area contributed by atoms with E-state index in [0.29, 0.717) is 12.0 Å². The fourth-order valence-electron chi connectivity index (χ4n) is 3.70. The monoisotopic (exact) mass is 463 g/mol. The Bertz CT molecular complexity index is 1090. The molecule has 2 aliphatic heterocycles. The number of carbonyl (C=O) groups excluding carboxylic acids is 2. The van der Waals surface area contributed by atoms with Gasteiger partial charge in [-0.1, -0.05) is 0 Å². The third kappa shape index (κ3) is 4.58. The molecule has 33 heavy (non-hydrogen) atoms. The molecule has 0 aliphatic carbocycles. The number of halogens is 3. The van der Waals surface area contributed by atoms with Crippen LogP contribution in [-0.2, 0) is 0 Å². The topological polar surface area (TPSA) is 105 Å². The van der Waals surface area contributed by atoms with Crippen LogP contribution in [0.3, 0.4) is 0 Å². The highest BCUT2D eigenvalue weighted by Crippen LogP contribution is 2.30. The smallest absolute Gasteiger partial charge is 0.337 e. The summed E-state index contributed by atoms with van der Waals surface area (Å²) in [5.41, 5.74) is -0.261. The van der Waals surface area contributed by atoms with Crippen molar-refractivity contribution in [3.8, 4) is 0 Å². The van der Waals surface area contributed by atoms with Crippen LogP contribution >= 0.6 is 0 Å². The van der Waals surface area contributed by atoms with Crippen LogP contribution in [-0.4, -0.2) is 81.5 Å². The van der Waals surface area contributed by atoms with Gasteiger partial charge < -0.3 is 9.80 Å². The highest BCUT2D eigenvalue weighted by atomic mass is 19.1. The Morgan fingerprint density at radius 3 is 2.39 bits per heavy atom. The van der Waals surface area contributed by atoms with Gasteiger partial charge in [0.15, 0.2) is 11.5 Å². The quantitative estimate of drug-likeness (QED) is 0.552. The van der Waals surface area contributed by atoms with Crippen LogP contribution in [0, 0.1) is 17.5 Å². The number of hydroxylamine groups is 2. The van der Waals surface area contributed by atoms with Gasteiger partial charge in [-0.05, 0) is 17.7 Å². The number of hydrogen-bond donors (Lipinski definition) is 1. The fraction of sp³-hybridized carbons (Fsp3) is 0.350. The molecule has 3 amide bonds. The van der Waals surface area contributed by atoms with Gasteiger partial charge in [0.2, 0.25) is 5.95 Å². The number of amides is 3. The molecule has 2 aliphatic rings. The number of benzene rings is 1. The summed E-state index contributed by atoms with van der Waals surface area (Å²) < 4.78 is 41.2. The summed E-state index contributed by atoms with van der Waals surface area (Å²) in [7, 11) is 1.06. The number of hydrazone groups is 1. The largest absolute Gasteiger partial charge is 0.341 e. The van der Waals surface area contributed by atoms with E-state index in [2.05, 4.69) is 15.1 Å². The normalized spacial score (nSPS) is 18.1. The second-order valence-corrected chi connectivity index (χ2v) is 7.55. The number of nitrogens with zero attached hydrogens (tertiary/aromatic N) is 7. The van der Waals surface area contributed by atoms with Crippen molar-refractivity contribution in [2.75, 3.05) is 38.1 Å². The average molecular weight is 463 g/mol. The van der Waals surface area contributed by atoms with E-state index < -0.39 is 41.1 Å². The van der Waals surface area contributed by atoms with Crippen molar-refractivity contribution in [2.45, 2.75) is 12.5 Å². The van der Waals surface area contributed by atoms with Gasteiger partial charge in [0.25, 0.3) is 5.91 Å². The van der Waals surface area contributed by atoms with Crippen molar-refractivity contribution in [1.29, 1.82) is 0 Å². The predicted octanol–water partition coefficient (Wildman–Crippen LogP) is 2.03. The second-order valence-electron chi connectivity index (χ2n) is 7.55. The van der Waals surface area contributed by atoms with E-state index in [0.717, 1.165) is 19.3 Å². The highest BCUT2D eigenvalue weighted by molar-refractivity contribution is 5.91. The molecule has 13 heteroatoms. The molecule has 1 unspecified atom stereocenters. The lowest BCUT2D eigenvalue weighted by Crippen LogP contribution is -2.52. The molecule has 1 aromatic heterocycles. The minimum atomic E-state index is -1.02. The van der Waals surface area contributed by atoms with Gasteiger partial charge in [0, 0.05) is 51.9 Å². The zero-order valence-electron chi connectivity index (χ0n) is 17.5. The molecule has 0 radical (unpaired) electrons. The lowest BCUT2D eigenvalue weighted by molar-refractivity contribution is -0.0383. The van der Waals surface area contributed by atoms with Crippen LogP contribution in [0.1, 0.15) is 28.5 Å². The molecule has 1 saturated heterocycles. The van der Waals surface area contributed by atoms with Gasteiger partial charge in [0.05, 0.1) is 12.2 Å². The van der Waals surface area contributed by atoms with Gasteiger partial charge in [-0.15, -0.1) is 0 Å². The zero-order valence-corrected chi connectivity index (χ0v) is 17.5. The van der Waals surface area contributed by atoms with Crippen LogP contribution < -0.4 is 4.90 Å². The lowest BCUT2D eigenvalue weighted by Gasteiger charge is -2.37. The number of hydrogen-bond acceptors (Lipinski definition) is 7. The van der Waals surface area contributed by atoms with Crippen LogP contribution in [0.15, 0.2) is 29.5 Å². The number of rotatable bonds is 3. The molecular weight excluding hydrogens is 443 g/mol. The SMILES string of the molecule is CN(O)C(=O)c1nc(N2CCN(C(=O)N3N=CCC3c3cc(F)cc(F)c3)CC2)ncc1F. The first kappa shape index (κ1) is 22.5. The van der Waals surface area contributed by atoms with Crippen LogP contribution in [0.5, 0.6) is 0 Å². The van der Waals surface area contributed by atoms with Gasteiger partial charge in [0.1, 0.15) is 11.6 Å². The maximum Gasteiger partial charge on any atom is 0.341 e. The number of urea groups is 1. The van der Waals surface area contributed by atoms with Crippen LogP contribution in [0.4, 0.5) is 23.9 Å². The third-order valence-electron chi connectivity index (χ3n) is 5.36. The average Bonchev–Trinajstić information content (AvgIpc) is 3.28. The maximum atomic E-state index is 13.9. The van der Waals surface area contributed by atoms with E-state index in [1.807, 2.05) is 0 Å². The summed E-state index contributed by atoms with van der Waals surface area (Å²) in [6.07, 6.45) is 2.69. The van der Waals surface area contributed by atoms with E-state index in [1.54, 1.807) is 4.90 Å². The summed E-state index contributed by atoms with van der Waals surface area (Å²) >= 11 is 0. The van der Waals surface area contributed by atoms with E-state index in [1.165, 1.54) is 28.3 Å². The first-order valence-corrected chi connectivity index (χ1v) is 10.1. The Morgan fingerprint density at radius 2 is 1.76 bits per heavy atom. The molecule has 0 bridgehead atoms. The number of piperazine rings is 1. The van der Waals surface area contributed by atoms with Crippen molar-refractivity contribution in [1.82, 2.24) is 24.9 Å². The maximum absolute atomic E-state index is 13.9. The van der Waals surface area contributed by atoms with Gasteiger partial charge in [-0.2, -0.15) is 5.10 Å². The summed E-state index contributed by atoms with van der Waals surface area (Å²) in [4.78, 5) is 35.9. The van der Waals surface area contributed by atoms with Crippen molar-refractivity contribution in [3.63, 3.8) is 0 Å². The van der Waals surface area contributed by atoms with E-state index in [4.69, 9.17) is 0 Å². The zero-order chi connectivity index (χ0) is 23.7. The molecule has 174 valence electrons. The molecule has 1 atom stereocenters. The molecule has 2 aromatic rings. The Morgan fingerprint density at radius 1 is 1.09 bits per heavy atom. The highest BCUT2D eigenvalue weighted by Gasteiger charge is 2.34. The molecule has 1 N–H and O–H groups in total. The Hall–Kier alpha value is -3.74. The summed E-state index contributed by atoms with van der Waals surface area (Å²) in [5.74, 6) is -3.37. The van der Waals surface area contributed by atoms with Gasteiger partial charge in [-0.3, -0.25) is 10.0 Å². The molecule has 1 fully saturated rings. The van der Waals surface area contributed by atoms with Gasteiger partial charge in [-0.25, -0.2) is 38.0 Å². The predicted molar refractivity (Wildman–Crippen MR) is 109 cm³/mol. The molecular formula is C20H20F3N7O3. The molecule has 10 nitrogen and oxygen atoms in total. The van der Waals surface area contributed by atoms with Crippen molar-refractivity contribution in [3.05, 3.63) is 53.1 Å². The van der Waals surface area contributed by atoms with Crippen LogP contribution in [0.2, 0.25) is 0 Å². The Balaban J connectivity index is 1.44. The number of aromatic nitrogens is 2. The lowest BCUT2D eigenvalue weighted by atomic mass is 10.0. The first-order chi connectivity index (χ1) is 15.7. The first-order valence-electron chi connectivity index (χ1n) is 10.1. The van der Waals surface area contributed by atoms with E-state index in [9.17, 15) is 28.0 Å². The van der Waals surface area contributed by atoms with Crippen molar-refractivity contribution < 1.29 is 28.0 Å². The van der Waals surface area contributed by atoms with Crippen molar-refractivity contribution >= 4 is 24.1 Å². The molecule has 4 rings (SSSR count). The Kier molecular flexibility index (Phi) is 6.14. The summed E-state index contributed by atoms with van der Waals surface area (Å²) in [5, 5.41) is 14.8. The number of carbonyl (C=O) groups is 2. The molecule has 0 spiro atoms. The standard InChI is InChI=1S/C20H20F3N7O3/c1-27(33)18(31)17-15(23)11-24-19(26-17)28-4-6-29(7-5-28)20(32)30-16(2-3-25-30)12-8-13(21)10-14(22)9-12/h3,8-11,16,33H,2,4-7H2,1H3. The second kappa shape index (κ2) is 9.02. The van der Waals surface area contributed by atoms with E-state index >= 15 is 0 Å². The minimum absolute atomic E-state index is 0.0843. The fourth-order valence-corrected chi connectivity index (χ4v) is 3.70. The van der Waals surface area contributed by atoms with Crippen molar-refractivity contribution in [2.24, 2.45) is 5.10 Å². The summed E-state index contributed by atoms with van der Waals surface area (Å²) in [6.45, 7) is 1.07. The minimum Gasteiger partial charge on any atom is -0.337 e. The number of anilines is 1. The van der Waals surface area contributed by atoms with E-state index in [-0.39, 0.29) is 37.2 Å². The van der Waals surface area contributed by atoms with Crippen LogP contribution in [0.25, 0.3) is 0 Å². The third-order valence-corrected chi connectivity index (χ3v) is 5.36.